The molecule has 2 saturated heterocycles. The van der Waals surface area contributed by atoms with Gasteiger partial charge in [-0.3, -0.25) is 19.4 Å². The molecule has 1 saturated carbocycles. The smallest absolute Gasteiger partial charge is 0.242 e. The van der Waals surface area contributed by atoms with Crippen LogP contribution in [0.2, 0.25) is 0 Å². The lowest BCUT2D eigenvalue weighted by Crippen LogP contribution is -2.47. The Hall–Kier alpha value is -2.00. The number of likely N-dealkylation sites (tertiary alicyclic amines) is 1. The quantitative estimate of drug-likeness (QED) is 0.534. The number of hydrogen-bond acceptors (Lipinski definition) is 6. The predicted molar refractivity (Wildman–Crippen MR) is 128 cm³/mol. The van der Waals surface area contributed by atoms with Crippen molar-refractivity contribution >= 4 is 11.8 Å². The Morgan fingerprint density at radius 1 is 1.21 bits per heavy atom. The molecule has 3 aliphatic rings. The summed E-state index contributed by atoms with van der Waals surface area (Å²) in [5.74, 6) is 0.183. The molecule has 8 heteroatoms. The van der Waals surface area contributed by atoms with E-state index >= 15 is 0 Å². The Balaban J connectivity index is 1.50. The second-order valence-corrected chi connectivity index (χ2v) is 9.60. The van der Waals surface area contributed by atoms with Gasteiger partial charge in [0.05, 0.1) is 13.2 Å². The van der Waals surface area contributed by atoms with Crippen LogP contribution in [0.25, 0.3) is 0 Å². The zero-order valence-electron chi connectivity index (χ0n) is 19.9. The van der Waals surface area contributed by atoms with E-state index in [0.29, 0.717) is 26.1 Å². The van der Waals surface area contributed by atoms with Gasteiger partial charge in [-0.05, 0) is 37.3 Å². The molecule has 2 amide bonds. The number of aryl methyl sites for hydroxylation is 1. The molecule has 1 aromatic rings. The molecule has 0 aromatic heterocycles. The average Bonchev–Trinajstić information content (AvgIpc) is 3.59. The van der Waals surface area contributed by atoms with Crippen LogP contribution in [0.15, 0.2) is 24.3 Å². The van der Waals surface area contributed by atoms with Crippen LogP contribution < -0.4 is 11.1 Å². The Morgan fingerprint density at radius 3 is 2.67 bits per heavy atom. The van der Waals surface area contributed by atoms with Gasteiger partial charge in [0.1, 0.15) is 6.04 Å². The number of hydrogen-bond donors (Lipinski definition) is 2. The molecule has 0 bridgehead atoms. The number of carbonyl (C=O) groups excluding carboxylic acids is 2. The van der Waals surface area contributed by atoms with E-state index in [4.69, 9.17) is 10.5 Å². The van der Waals surface area contributed by atoms with Crippen LogP contribution in [0.3, 0.4) is 0 Å². The third kappa shape index (κ3) is 6.32. The van der Waals surface area contributed by atoms with Gasteiger partial charge in [-0.15, -0.1) is 0 Å². The molecule has 2 atom stereocenters. The number of nitrogens with zero attached hydrogens (tertiary/aromatic N) is 3. The van der Waals surface area contributed by atoms with Gasteiger partial charge in [0.15, 0.2) is 0 Å². The lowest BCUT2D eigenvalue weighted by Gasteiger charge is -2.33. The van der Waals surface area contributed by atoms with Crippen LogP contribution in [0.5, 0.6) is 0 Å². The molecular weight excluding hydrogens is 418 g/mol. The number of benzene rings is 1. The van der Waals surface area contributed by atoms with Crippen LogP contribution in [-0.2, 0) is 20.9 Å². The first-order chi connectivity index (χ1) is 16.1. The molecule has 1 aliphatic carbocycles. The molecule has 8 nitrogen and oxygen atoms in total. The van der Waals surface area contributed by atoms with Crippen molar-refractivity contribution in [2.45, 2.75) is 44.8 Å². The maximum absolute atomic E-state index is 13.1. The summed E-state index contributed by atoms with van der Waals surface area (Å²) in [6, 6.07) is 8.24. The Morgan fingerprint density at radius 2 is 1.97 bits per heavy atom. The summed E-state index contributed by atoms with van der Waals surface area (Å²) in [7, 11) is 0. The number of morpholine rings is 1. The van der Waals surface area contributed by atoms with Gasteiger partial charge in [-0.25, -0.2) is 0 Å². The van der Waals surface area contributed by atoms with E-state index in [1.54, 1.807) is 0 Å². The molecular formula is C25H39N5O3. The van der Waals surface area contributed by atoms with Crippen LogP contribution in [0.1, 0.15) is 30.4 Å². The molecule has 4 rings (SSSR count). The van der Waals surface area contributed by atoms with E-state index in [-0.39, 0.29) is 23.8 Å². The minimum Gasteiger partial charge on any atom is -0.379 e. The highest BCUT2D eigenvalue weighted by atomic mass is 16.5. The van der Waals surface area contributed by atoms with Crippen LogP contribution in [0.4, 0.5) is 0 Å². The first-order valence-electron chi connectivity index (χ1n) is 12.4. The number of ether oxygens (including phenoxy) is 1. The Kier molecular flexibility index (Phi) is 8.35. The lowest BCUT2D eigenvalue weighted by molar-refractivity contribution is -0.139. The second kappa shape index (κ2) is 11.4. The van der Waals surface area contributed by atoms with Gasteiger partial charge < -0.3 is 20.7 Å². The molecule has 2 unspecified atom stereocenters. The normalized spacial score (nSPS) is 23.8. The molecule has 33 heavy (non-hydrogen) atoms. The van der Waals surface area contributed by atoms with Gasteiger partial charge in [0.2, 0.25) is 11.8 Å². The maximum Gasteiger partial charge on any atom is 0.242 e. The molecule has 0 spiro atoms. The first-order valence-corrected chi connectivity index (χ1v) is 12.4. The van der Waals surface area contributed by atoms with Crippen LogP contribution in [-0.4, -0.2) is 97.6 Å². The van der Waals surface area contributed by atoms with Crippen LogP contribution in [0, 0.1) is 12.8 Å². The van der Waals surface area contributed by atoms with E-state index < -0.39 is 6.04 Å². The monoisotopic (exact) mass is 457 g/mol. The van der Waals surface area contributed by atoms with Crippen molar-refractivity contribution in [3.05, 3.63) is 35.4 Å². The fourth-order valence-electron chi connectivity index (χ4n) is 4.94. The summed E-state index contributed by atoms with van der Waals surface area (Å²) < 4.78 is 5.51. The SMILES string of the molecule is Cc1ccccc1CN(CCN1CCOCC1)C1CC(C(=O)NCCN)N(C(=O)C2CC2)C1. The summed E-state index contributed by atoms with van der Waals surface area (Å²) >= 11 is 0. The fourth-order valence-corrected chi connectivity index (χ4v) is 4.94. The summed E-state index contributed by atoms with van der Waals surface area (Å²) in [5, 5.41) is 2.92. The third-order valence-electron chi connectivity index (χ3n) is 7.19. The molecule has 182 valence electrons. The van der Waals surface area contributed by atoms with Gasteiger partial charge in [0, 0.05) is 64.3 Å². The summed E-state index contributed by atoms with van der Waals surface area (Å²) in [6.07, 6.45) is 2.56. The van der Waals surface area contributed by atoms with Crippen molar-refractivity contribution in [3.63, 3.8) is 0 Å². The van der Waals surface area contributed by atoms with Gasteiger partial charge in [-0.2, -0.15) is 0 Å². The largest absolute Gasteiger partial charge is 0.379 e. The maximum atomic E-state index is 13.1. The van der Waals surface area contributed by atoms with Crippen molar-refractivity contribution in [2.75, 3.05) is 59.0 Å². The van der Waals surface area contributed by atoms with Crippen molar-refractivity contribution in [3.8, 4) is 0 Å². The Bertz CT molecular complexity index is 809. The van der Waals surface area contributed by atoms with Crippen molar-refractivity contribution in [1.29, 1.82) is 0 Å². The predicted octanol–water partition coefficient (Wildman–Crippen LogP) is 0.584. The number of rotatable bonds is 10. The van der Waals surface area contributed by atoms with Gasteiger partial charge >= 0.3 is 0 Å². The number of nitrogens with one attached hydrogen (secondary N) is 1. The standard InChI is InChI=1S/C25H39N5O3/c1-19-4-2-3-5-21(19)17-29(11-10-28-12-14-33-15-13-28)22-16-23(24(31)27-9-8-26)30(18-22)25(32)20-6-7-20/h2-5,20,22-23H,6-18,26H2,1H3,(H,27,31). The zero-order valence-corrected chi connectivity index (χ0v) is 19.9. The fraction of sp³-hybridized carbons (Fsp3) is 0.680. The number of carbonyl (C=O) groups is 2. The second-order valence-electron chi connectivity index (χ2n) is 9.60. The van der Waals surface area contributed by atoms with Crippen molar-refractivity contribution in [1.82, 2.24) is 20.0 Å². The van der Waals surface area contributed by atoms with E-state index in [1.165, 1.54) is 11.1 Å². The first kappa shape index (κ1) is 24.1. The molecule has 0 radical (unpaired) electrons. The summed E-state index contributed by atoms with van der Waals surface area (Å²) in [6.45, 7) is 9.79. The lowest BCUT2D eigenvalue weighted by atomic mass is 10.1. The van der Waals surface area contributed by atoms with Gasteiger partial charge in [0.25, 0.3) is 0 Å². The number of nitrogens with two attached hydrogens (primary N) is 1. The number of amides is 2. The molecule has 3 fully saturated rings. The third-order valence-corrected chi connectivity index (χ3v) is 7.19. The highest BCUT2D eigenvalue weighted by Crippen LogP contribution is 2.35. The topological polar surface area (TPSA) is 91.1 Å². The molecule has 2 heterocycles. The molecule has 2 aliphatic heterocycles. The zero-order chi connectivity index (χ0) is 23.2. The average molecular weight is 458 g/mol. The van der Waals surface area contributed by atoms with Gasteiger partial charge in [-0.1, -0.05) is 24.3 Å². The minimum absolute atomic E-state index is 0.0685. The molecule has 1 aromatic carbocycles. The van der Waals surface area contributed by atoms with Crippen LogP contribution >= 0.6 is 0 Å². The highest BCUT2D eigenvalue weighted by molar-refractivity contribution is 5.90. The van der Waals surface area contributed by atoms with E-state index in [1.807, 2.05) is 4.90 Å². The van der Waals surface area contributed by atoms with E-state index in [0.717, 1.165) is 58.8 Å². The van der Waals surface area contributed by atoms with Crippen molar-refractivity contribution in [2.24, 2.45) is 11.7 Å². The summed E-state index contributed by atoms with van der Waals surface area (Å²) in [4.78, 5) is 32.8. The van der Waals surface area contributed by atoms with E-state index in [2.05, 4.69) is 46.3 Å². The van der Waals surface area contributed by atoms with Crippen molar-refractivity contribution < 1.29 is 14.3 Å². The van der Waals surface area contributed by atoms with E-state index in [9.17, 15) is 9.59 Å². The summed E-state index contributed by atoms with van der Waals surface area (Å²) in [5.41, 5.74) is 8.17. The highest BCUT2D eigenvalue weighted by Gasteiger charge is 2.45. The molecule has 3 N–H and O–H groups in total. The Labute approximate surface area is 197 Å². The minimum atomic E-state index is -0.405.